The summed E-state index contributed by atoms with van der Waals surface area (Å²) < 4.78 is 5.42. The highest BCUT2D eigenvalue weighted by Gasteiger charge is 2.14. The lowest BCUT2D eigenvalue weighted by atomic mass is 10.1. The minimum absolute atomic E-state index is 0.0402. The Balaban J connectivity index is 1.14. The number of nitrogens with zero attached hydrogens (tertiary/aromatic N) is 3. The molecule has 6 nitrogen and oxygen atoms in total. The highest BCUT2D eigenvalue weighted by molar-refractivity contribution is 7.13. The van der Waals surface area contributed by atoms with E-state index in [2.05, 4.69) is 51.5 Å². The molecule has 1 aromatic heterocycles. The molecule has 2 saturated heterocycles. The number of rotatable bonds is 7. The van der Waals surface area contributed by atoms with Crippen LogP contribution in [0.4, 0.5) is 11.4 Å². The van der Waals surface area contributed by atoms with E-state index in [9.17, 15) is 4.79 Å². The average Bonchev–Trinajstić information content (AvgIpc) is 3.54. The van der Waals surface area contributed by atoms with Crippen molar-refractivity contribution in [2.24, 2.45) is 0 Å². The third-order valence-corrected chi connectivity index (χ3v) is 7.17. The number of nitrogens with one attached hydrogen (secondary N) is 1. The Morgan fingerprint density at radius 3 is 2.42 bits per heavy atom. The smallest absolute Gasteiger partial charge is 0.230 e. The van der Waals surface area contributed by atoms with Crippen LogP contribution in [-0.2, 0) is 22.5 Å². The van der Waals surface area contributed by atoms with E-state index in [0.717, 1.165) is 67.9 Å². The zero-order valence-electron chi connectivity index (χ0n) is 18.8. The third kappa shape index (κ3) is 5.79. The van der Waals surface area contributed by atoms with Gasteiger partial charge in [-0.25, -0.2) is 4.98 Å². The summed E-state index contributed by atoms with van der Waals surface area (Å²) in [4.78, 5) is 22.0. The van der Waals surface area contributed by atoms with Gasteiger partial charge >= 0.3 is 0 Å². The Bertz CT molecular complexity index is 1050. The largest absolute Gasteiger partial charge is 0.379 e. The Hall–Kier alpha value is -2.74. The van der Waals surface area contributed by atoms with Crippen LogP contribution in [0.15, 0.2) is 53.9 Å². The third-order valence-electron chi connectivity index (χ3n) is 6.23. The van der Waals surface area contributed by atoms with Gasteiger partial charge < -0.3 is 15.0 Å². The maximum absolute atomic E-state index is 12.5. The molecular weight excluding hydrogens is 432 g/mol. The van der Waals surface area contributed by atoms with Gasteiger partial charge in [-0.2, -0.15) is 0 Å². The number of thiazole rings is 1. The highest BCUT2D eigenvalue weighted by atomic mass is 32.1. The topological polar surface area (TPSA) is 57.7 Å². The highest BCUT2D eigenvalue weighted by Crippen LogP contribution is 2.25. The van der Waals surface area contributed by atoms with Crippen molar-refractivity contribution in [1.82, 2.24) is 9.88 Å². The van der Waals surface area contributed by atoms with Crippen LogP contribution < -0.4 is 10.2 Å². The molecule has 2 aromatic carbocycles. The maximum atomic E-state index is 12.5. The number of ether oxygens (including phenoxy) is 1. The number of hydrogen-bond acceptors (Lipinski definition) is 6. The second-order valence-electron chi connectivity index (χ2n) is 8.70. The molecule has 2 aliphatic heterocycles. The monoisotopic (exact) mass is 462 g/mol. The summed E-state index contributed by atoms with van der Waals surface area (Å²) in [6.07, 6.45) is 2.79. The number of carbonyl (C=O) groups is 1. The van der Waals surface area contributed by atoms with Gasteiger partial charge in [0.25, 0.3) is 0 Å². The van der Waals surface area contributed by atoms with E-state index in [1.807, 2.05) is 17.5 Å². The number of anilines is 2. The minimum atomic E-state index is -0.0402. The molecule has 7 heteroatoms. The first-order chi connectivity index (χ1) is 16.2. The molecule has 0 atom stereocenters. The lowest BCUT2D eigenvalue weighted by molar-refractivity contribution is -0.115. The van der Waals surface area contributed by atoms with Gasteiger partial charge in [-0.1, -0.05) is 24.3 Å². The number of benzene rings is 2. The molecule has 1 amide bonds. The van der Waals surface area contributed by atoms with E-state index in [0.29, 0.717) is 0 Å². The first-order valence-corrected chi connectivity index (χ1v) is 12.6. The van der Waals surface area contributed by atoms with Crippen LogP contribution in [0, 0.1) is 0 Å². The fourth-order valence-electron chi connectivity index (χ4n) is 4.39. The van der Waals surface area contributed by atoms with Crippen molar-refractivity contribution in [3.8, 4) is 10.6 Å². The van der Waals surface area contributed by atoms with Crippen molar-refractivity contribution in [3.63, 3.8) is 0 Å². The fourth-order valence-corrected chi connectivity index (χ4v) is 5.22. The van der Waals surface area contributed by atoms with Gasteiger partial charge in [0.15, 0.2) is 0 Å². The van der Waals surface area contributed by atoms with Crippen LogP contribution in [0.25, 0.3) is 10.6 Å². The molecule has 0 aliphatic carbocycles. The van der Waals surface area contributed by atoms with Crippen molar-refractivity contribution < 1.29 is 9.53 Å². The van der Waals surface area contributed by atoms with E-state index < -0.39 is 0 Å². The molecular formula is C26H30N4O2S. The van der Waals surface area contributed by atoms with Crippen molar-refractivity contribution >= 4 is 28.6 Å². The molecule has 2 aliphatic rings. The lowest BCUT2D eigenvalue weighted by Gasteiger charge is -2.26. The number of aromatic nitrogens is 1. The summed E-state index contributed by atoms with van der Waals surface area (Å²) in [5.74, 6) is -0.0402. The first-order valence-electron chi connectivity index (χ1n) is 11.7. The predicted molar refractivity (Wildman–Crippen MR) is 134 cm³/mol. The minimum Gasteiger partial charge on any atom is -0.379 e. The molecule has 5 rings (SSSR count). The zero-order chi connectivity index (χ0) is 22.5. The normalized spacial score (nSPS) is 16.8. The van der Waals surface area contributed by atoms with Crippen LogP contribution in [0.5, 0.6) is 0 Å². The molecule has 1 N–H and O–H groups in total. The number of amides is 1. The van der Waals surface area contributed by atoms with Crippen LogP contribution in [0.2, 0.25) is 0 Å². The average molecular weight is 463 g/mol. The molecule has 0 spiro atoms. The van der Waals surface area contributed by atoms with E-state index >= 15 is 0 Å². The summed E-state index contributed by atoms with van der Waals surface area (Å²) in [7, 11) is 0. The molecule has 0 saturated carbocycles. The van der Waals surface area contributed by atoms with E-state index in [1.165, 1.54) is 24.1 Å². The molecule has 33 heavy (non-hydrogen) atoms. The first kappa shape index (κ1) is 22.1. The molecule has 172 valence electrons. The summed E-state index contributed by atoms with van der Waals surface area (Å²) in [5, 5.41) is 5.93. The van der Waals surface area contributed by atoms with Crippen LogP contribution in [0.3, 0.4) is 0 Å². The molecule has 3 aromatic rings. The quantitative estimate of drug-likeness (QED) is 0.563. The predicted octanol–water partition coefficient (Wildman–Crippen LogP) is 4.42. The van der Waals surface area contributed by atoms with Crippen LogP contribution >= 0.6 is 11.3 Å². The van der Waals surface area contributed by atoms with Gasteiger partial charge in [0.05, 0.1) is 25.3 Å². The SMILES string of the molecule is O=C(Cc1csc(-c2ccc(CN3CCOCC3)cc2)n1)Nc1ccc(N2CCCC2)cc1. The fraction of sp³-hybridized carbons (Fsp3) is 0.385. The van der Waals surface area contributed by atoms with Crippen molar-refractivity contribution in [2.45, 2.75) is 25.8 Å². The summed E-state index contributed by atoms with van der Waals surface area (Å²) in [6, 6.07) is 16.7. The van der Waals surface area contributed by atoms with Crippen molar-refractivity contribution in [3.05, 3.63) is 65.2 Å². The maximum Gasteiger partial charge on any atom is 0.230 e. The van der Waals surface area contributed by atoms with Gasteiger partial charge in [0.2, 0.25) is 5.91 Å². The van der Waals surface area contributed by atoms with Gasteiger partial charge in [0.1, 0.15) is 5.01 Å². The standard InChI is InChI=1S/C26H30N4O2S/c31-25(27-22-7-9-24(10-8-22)30-11-1-2-12-30)17-23-19-33-26(28-23)21-5-3-20(4-6-21)18-29-13-15-32-16-14-29/h3-10,19H,1-2,11-18H2,(H,27,31). The van der Waals surface area contributed by atoms with Gasteiger partial charge in [-0.3, -0.25) is 9.69 Å². The zero-order valence-corrected chi connectivity index (χ0v) is 19.7. The lowest BCUT2D eigenvalue weighted by Crippen LogP contribution is -2.35. The van der Waals surface area contributed by atoms with E-state index in [4.69, 9.17) is 9.72 Å². The van der Waals surface area contributed by atoms with Gasteiger partial charge in [-0.15, -0.1) is 11.3 Å². The second kappa shape index (κ2) is 10.5. The van der Waals surface area contributed by atoms with Crippen molar-refractivity contribution in [1.29, 1.82) is 0 Å². The Kier molecular flexibility index (Phi) is 7.00. The number of carbonyl (C=O) groups excluding carboxylic acids is 1. The molecule has 0 bridgehead atoms. The second-order valence-corrected chi connectivity index (χ2v) is 9.55. The van der Waals surface area contributed by atoms with Crippen LogP contribution in [-0.4, -0.2) is 55.2 Å². The molecule has 2 fully saturated rings. The van der Waals surface area contributed by atoms with Crippen molar-refractivity contribution in [2.75, 3.05) is 49.6 Å². The van der Waals surface area contributed by atoms with E-state index in [-0.39, 0.29) is 12.3 Å². The van der Waals surface area contributed by atoms with Crippen LogP contribution in [0.1, 0.15) is 24.1 Å². The summed E-state index contributed by atoms with van der Waals surface area (Å²) >= 11 is 1.58. The van der Waals surface area contributed by atoms with E-state index in [1.54, 1.807) is 11.3 Å². The number of hydrogen-bond donors (Lipinski definition) is 1. The molecule has 0 unspecified atom stereocenters. The Morgan fingerprint density at radius 2 is 1.70 bits per heavy atom. The van der Waals surface area contributed by atoms with Gasteiger partial charge in [0, 0.05) is 55.0 Å². The molecule has 0 radical (unpaired) electrons. The summed E-state index contributed by atoms with van der Waals surface area (Å²) in [6.45, 7) is 6.80. The Labute approximate surface area is 199 Å². The summed E-state index contributed by atoms with van der Waals surface area (Å²) in [5.41, 5.74) is 5.25. The van der Waals surface area contributed by atoms with Gasteiger partial charge in [-0.05, 0) is 42.7 Å². The number of morpholine rings is 1. The Morgan fingerprint density at radius 1 is 0.970 bits per heavy atom. The molecule has 3 heterocycles.